The van der Waals surface area contributed by atoms with Gasteiger partial charge in [-0.15, -0.1) is 0 Å². The van der Waals surface area contributed by atoms with Crippen LogP contribution in [0.2, 0.25) is 0 Å². The SMILES string of the molecule is NS(=O)(=O)OC[C@H]1C[C@@H](Nc2ccnc3cc(-c4ccc5c(c4)C(=O)c4ccccc4-5)nn23)[C@H](O)[C@@H]1O. The van der Waals surface area contributed by atoms with Crippen LogP contribution in [-0.2, 0) is 14.5 Å². The van der Waals surface area contributed by atoms with E-state index in [2.05, 4.69) is 19.6 Å². The fourth-order valence-electron chi connectivity index (χ4n) is 5.14. The Balaban J connectivity index is 1.27. The van der Waals surface area contributed by atoms with Gasteiger partial charge >= 0.3 is 10.3 Å². The quantitative estimate of drug-likeness (QED) is 0.258. The van der Waals surface area contributed by atoms with E-state index in [1.54, 1.807) is 22.8 Å². The molecule has 11 nitrogen and oxygen atoms in total. The summed E-state index contributed by atoms with van der Waals surface area (Å²) in [6, 6.07) is 16.1. The second-order valence-electron chi connectivity index (χ2n) is 9.27. The Bertz CT molecular complexity index is 1650. The van der Waals surface area contributed by atoms with Gasteiger partial charge in [0, 0.05) is 34.9 Å². The van der Waals surface area contributed by atoms with Crippen molar-refractivity contribution in [2.45, 2.75) is 24.7 Å². The number of nitrogens with one attached hydrogen (secondary N) is 1. The third-order valence-electron chi connectivity index (χ3n) is 6.96. The zero-order valence-electron chi connectivity index (χ0n) is 19.4. The monoisotopic (exact) mass is 521 g/mol. The van der Waals surface area contributed by atoms with Gasteiger partial charge in [0.25, 0.3) is 0 Å². The number of carbonyl (C=O) groups is 1. The van der Waals surface area contributed by atoms with Crippen LogP contribution in [0.25, 0.3) is 28.0 Å². The number of fused-ring (bicyclic) bond motifs is 4. The molecule has 2 aromatic carbocycles. The summed E-state index contributed by atoms with van der Waals surface area (Å²) in [6.45, 7) is -0.339. The van der Waals surface area contributed by atoms with Gasteiger partial charge in [-0.05, 0) is 29.7 Å². The van der Waals surface area contributed by atoms with Crippen molar-refractivity contribution < 1.29 is 27.6 Å². The molecule has 0 amide bonds. The van der Waals surface area contributed by atoms with Gasteiger partial charge in [0.2, 0.25) is 0 Å². The van der Waals surface area contributed by atoms with Crippen LogP contribution in [0.3, 0.4) is 0 Å². The summed E-state index contributed by atoms with van der Waals surface area (Å²) in [5, 5.41) is 33.6. The number of anilines is 1. The lowest BCUT2D eigenvalue weighted by atomic mass is 10.0. The number of rotatable bonds is 6. The molecule has 2 aliphatic carbocycles. The lowest BCUT2D eigenvalue weighted by molar-refractivity contribution is 0.00777. The molecule has 0 aliphatic heterocycles. The van der Waals surface area contributed by atoms with Gasteiger partial charge in [-0.25, -0.2) is 10.1 Å². The minimum atomic E-state index is -4.16. The average Bonchev–Trinajstić information content (AvgIpc) is 3.52. The first-order valence-electron chi connectivity index (χ1n) is 11.6. The van der Waals surface area contributed by atoms with Gasteiger partial charge in [-0.3, -0.25) is 8.98 Å². The highest BCUT2D eigenvalue weighted by Gasteiger charge is 2.42. The summed E-state index contributed by atoms with van der Waals surface area (Å²) < 4.78 is 28.4. The zero-order chi connectivity index (χ0) is 25.9. The summed E-state index contributed by atoms with van der Waals surface area (Å²) in [6.07, 6.45) is -0.538. The van der Waals surface area contributed by atoms with Crippen LogP contribution in [0.4, 0.5) is 5.82 Å². The first-order chi connectivity index (χ1) is 17.7. The molecule has 2 heterocycles. The minimum absolute atomic E-state index is 0.0218. The molecular formula is C25H23N5O6S. The van der Waals surface area contributed by atoms with Crippen LogP contribution in [0.15, 0.2) is 60.8 Å². The molecule has 6 rings (SSSR count). The van der Waals surface area contributed by atoms with Crippen molar-refractivity contribution in [3.63, 3.8) is 0 Å². The first kappa shape index (κ1) is 23.7. The van der Waals surface area contributed by atoms with Crippen molar-refractivity contribution in [1.29, 1.82) is 0 Å². The molecule has 2 aliphatic rings. The standard InChI is InChI=1S/C25H23N5O6S/c26-37(34,35)36-12-14-10-20(25(33)23(14)31)28-21-7-8-27-22-11-19(29-30(21)22)13-5-6-16-15-3-1-2-4-17(15)24(32)18(16)9-13/h1-9,11,14,20,23,25,28,31,33H,10,12H2,(H2,26,34,35)/t14-,20-,23-,25+/m1/s1. The van der Waals surface area contributed by atoms with Gasteiger partial charge in [0.15, 0.2) is 11.4 Å². The van der Waals surface area contributed by atoms with E-state index >= 15 is 0 Å². The van der Waals surface area contributed by atoms with Gasteiger partial charge in [-0.2, -0.15) is 18.0 Å². The Morgan fingerprint density at radius 1 is 1.03 bits per heavy atom. The average molecular weight is 522 g/mol. The number of hydrogen-bond donors (Lipinski definition) is 4. The van der Waals surface area contributed by atoms with E-state index in [9.17, 15) is 23.4 Å². The molecule has 1 saturated carbocycles. The lowest BCUT2D eigenvalue weighted by Crippen LogP contribution is -2.36. The van der Waals surface area contributed by atoms with E-state index in [1.165, 1.54) is 0 Å². The number of nitrogens with two attached hydrogens (primary N) is 1. The zero-order valence-corrected chi connectivity index (χ0v) is 20.2. The van der Waals surface area contributed by atoms with Crippen LogP contribution in [-0.4, -0.2) is 63.9 Å². The van der Waals surface area contributed by atoms with Crippen LogP contribution in [0, 0.1) is 5.92 Å². The van der Waals surface area contributed by atoms with E-state index < -0.39 is 34.5 Å². The molecule has 0 radical (unpaired) electrons. The van der Waals surface area contributed by atoms with E-state index in [0.29, 0.717) is 28.3 Å². The second kappa shape index (κ2) is 8.71. The largest absolute Gasteiger partial charge is 0.390 e. The number of nitrogens with zero attached hydrogens (tertiary/aromatic N) is 3. The molecule has 1 fully saturated rings. The number of hydrogen-bond acceptors (Lipinski definition) is 9. The minimum Gasteiger partial charge on any atom is -0.390 e. The van der Waals surface area contributed by atoms with Crippen molar-refractivity contribution in [2.75, 3.05) is 11.9 Å². The maximum atomic E-state index is 12.9. The Morgan fingerprint density at radius 2 is 1.78 bits per heavy atom. The normalized spacial score (nSPS) is 22.8. The van der Waals surface area contributed by atoms with Gasteiger partial charge in [0.05, 0.1) is 24.4 Å². The van der Waals surface area contributed by atoms with Crippen molar-refractivity contribution >= 4 is 27.6 Å². The third-order valence-corrected chi connectivity index (χ3v) is 7.43. The van der Waals surface area contributed by atoms with Gasteiger partial charge in [-0.1, -0.05) is 36.4 Å². The number of aromatic nitrogens is 3. The fourth-order valence-corrected chi connectivity index (χ4v) is 5.50. The maximum Gasteiger partial charge on any atom is 0.333 e. The van der Waals surface area contributed by atoms with Crippen molar-refractivity contribution in [3.8, 4) is 22.4 Å². The molecule has 0 bridgehead atoms. The predicted octanol–water partition coefficient (Wildman–Crippen LogP) is 1.35. The van der Waals surface area contributed by atoms with Crippen molar-refractivity contribution in [2.24, 2.45) is 11.1 Å². The Hall–Kier alpha value is -3.68. The summed E-state index contributed by atoms with van der Waals surface area (Å²) in [4.78, 5) is 17.3. The topological polar surface area (TPSA) is 169 Å². The van der Waals surface area contributed by atoms with Crippen LogP contribution in [0.5, 0.6) is 0 Å². The lowest BCUT2D eigenvalue weighted by Gasteiger charge is -2.19. The second-order valence-corrected chi connectivity index (χ2v) is 10.5. The molecule has 37 heavy (non-hydrogen) atoms. The number of aliphatic hydroxyl groups excluding tert-OH is 2. The third kappa shape index (κ3) is 4.18. The van der Waals surface area contributed by atoms with Crippen molar-refractivity contribution in [3.05, 3.63) is 71.9 Å². The van der Waals surface area contributed by atoms with Crippen LogP contribution in [0.1, 0.15) is 22.3 Å². The van der Waals surface area contributed by atoms with Gasteiger partial charge < -0.3 is 15.5 Å². The molecule has 2 aromatic heterocycles. The van der Waals surface area contributed by atoms with Gasteiger partial charge in [0.1, 0.15) is 11.9 Å². The molecule has 12 heteroatoms. The Labute approximate surface area is 211 Å². The molecule has 0 spiro atoms. The molecule has 0 saturated heterocycles. The van der Waals surface area contributed by atoms with E-state index in [4.69, 9.17) is 5.14 Å². The number of aliphatic hydroxyl groups is 2. The number of carbonyl (C=O) groups excluding carboxylic acids is 1. The molecule has 4 atom stereocenters. The first-order valence-corrected chi connectivity index (χ1v) is 13.1. The highest BCUT2D eigenvalue weighted by atomic mass is 32.2. The molecule has 0 unspecified atom stereocenters. The highest BCUT2D eigenvalue weighted by Crippen LogP contribution is 2.38. The Morgan fingerprint density at radius 3 is 2.57 bits per heavy atom. The molecule has 4 aromatic rings. The van der Waals surface area contributed by atoms with E-state index in [0.717, 1.165) is 16.7 Å². The molecule has 5 N–H and O–H groups in total. The summed E-state index contributed by atoms with van der Waals surface area (Å²) >= 11 is 0. The van der Waals surface area contributed by atoms with E-state index in [1.807, 2.05) is 42.5 Å². The van der Waals surface area contributed by atoms with E-state index in [-0.39, 0.29) is 18.8 Å². The smallest absolute Gasteiger partial charge is 0.333 e. The molecular weight excluding hydrogens is 498 g/mol. The van der Waals surface area contributed by atoms with Crippen LogP contribution < -0.4 is 10.5 Å². The highest BCUT2D eigenvalue weighted by molar-refractivity contribution is 7.84. The number of ketones is 1. The maximum absolute atomic E-state index is 12.9. The summed E-state index contributed by atoms with van der Waals surface area (Å²) in [5.41, 5.74) is 5.02. The molecule has 190 valence electrons. The summed E-state index contributed by atoms with van der Waals surface area (Å²) in [5.74, 6) is -0.138. The predicted molar refractivity (Wildman–Crippen MR) is 134 cm³/mol. The number of benzene rings is 2. The Kier molecular flexibility index (Phi) is 5.58. The van der Waals surface area contributed by atoms with Crippen molar-refractivity contribution in [1.82, 2.24) is 14.6 Å². The fraction of sp³-hybridized carbons (Fsp3) is 0.240. The van der Waals surface area contributed by atoms with Crippen LogP contribution >= 0.6 is 0 Å². The summed E-state index contributed by atoms with van der Waals surface area (Å²) in [7, 11) is -4.16.